The van der Waals surface area contributed by atoms with Crippen molar-refractivity contribution in [1.29, 1.82) is 0 Å². The minimum absolute atomic E-state index is 0.108. The van der Waals surface area contributed by atoms with Crippen molar-refractivity contribution in [3.63, 3.8) is 0 Å². The normalized spacial score (nSPS) is 21.0. The third kappa shape index (κ3) is 1.89. The van der Waals surface area contributed by atoms with Crippen LogP contribution in [0.25, 0.3) is 10.9 Å². The number of hydrogen-bond acceptors (Lipinski definition) is 3. The number of Topliss-reactive ketones (excluding diaryl/α,β-unsaturated/α-hetero) is 1. The highest BCUT2D eigenvalue weighted by Gasteiger charge is 2.39. The number of carbonyl (C=O) groups is 1. The fraction of sp³-hybridized carbons (Fsp3) is 0.250. The van der Waals surface area contributed by atoms with E-state index in [9.17, 15) is 14.0 Å². The van der Waals surface area contributed by atoms with Crippen LogP contribution in [-0.2, 0) is 6.54 Å². The maximum absolute atomic E-state index is 13.9. The first kappa shape index (κ1) is 14.5. The van der Waals surface area contributed by atoms with E-state index in [1.807, 2.05) is 0 Å². The van der Waals surface area contributed by atoms with Crippen molar-refractivity contribution in [2.75, 3.05) is 0 Å². The fourth-order valence-electron chi connectivity index (χ4n) is 4.36. The number of fused-ring (bicyclic) bond motifs is 4. The summed E-state index contributed by atoms with van der Waals surface area (Å²) in [5, 5.41) is 0.181. The molecule has 2 aromatic rings. The molecule has 2 bridgehead atoms. The van der Waals surface area contributed by atoms with Gasteiger partial charge in [-0.15, -0.1) is 0 Å². The minimum atomic E-state index is -0.583. The predicted molar refractivity (Wildman–Crippen MR) is 92.1 cm³/mol. The van der Waals surface area contributed by atoms with Gasteiger partial charge in [0, 0.05) is 23.9 Å². The second kappa shape index (κ2) is 4.85. The van der Waals surface area contributed by atoms with Gasteiger partial charge in [-0.25, -0.2) is 9.37 Å². The molecule has 5 rings (SSSR count). The average Bonchev–Trinajstić information content (AvgIpc) is 3.28. The van der Waals surface area contributed by atoms with Crippen LogP contribution < -0.4 is 5.56 Å². The standard InChI is InChI=1S/C20H15FN2O2/c1-10(24)15-8-13(21)9-16-18(15)22-19-14(6-7-23(19)20(16)25)17-11-2-3-12(17)5-4-11/h2-5,8-9,14,17H,6-7H2,1H3. The lowest BCUT2D eigenvalue weighted by Crippen LogP contribution is -2.23. The minimum Gasteiger partial charge on any atom is -0.296 e. The molecule has 0 saturated carbocycles. The summed E-state index contributed by atoms with van der Waals surface area (Å²) in [7, 11) is 0. The Morgan fingerprint density at radius 2 is 1.96 bits per heavy atom. The van der Waals surface area contributed by atoms with Gasteiger partial charge in [0.2, 0.25) is 0 Å². The van der Waals surface area contributed by atoms with E-state index in [1.165, 1.54) is 30.2 Å². The molecule has 0 amide bonds. The first-order chi connectivity index (χ1) is 12.0. The van der Waals surface area contributed by atoms with E-state index in [1.54, 1.807) is 4.57 Å². The molecule has 1 aromatic heterocycles. The van der Waals surface area contributed by atoms with E-state index >= 15 is 0 Å². The van der Waals surface area contributed by atoms with Crippen LogP contribution in [-0.4, -0.2) is 15.3 Å². The van der Waals surface area contributed by atoms with Gasteiger partial charge in [-0.3, -0.25) is 14.2 Å². The second-order valence-electron chi connectivity index (χ2n) is 6.87. The van der Waals surface area contributed by atoms with Gasteiger partial charge in [-0.2, -0.15) is 0 Å². The summed E-state index contributed by atoms with van der Waals surface area (Å²) < 4.78 is 15.5. The summed E-state index contributed by atoms with van der Waals surface area (Å²) in [5.74, 6) is 0.180. The Morgan fingerprint density at radius 1 is 1.24 bits per heavy atom. The Hall–Kier alpha value is -2.82. The zero-order valence-corrected chi connectivity index (χ0v) is 13.6. The topological polar surface area (TPSA) is 52.0 Å². The number of halogens is 1. The molecule has 0 saturated heterocycles. The number of benzene rings is 1. The number of carbonyl (C=O) groups excluding carboxylic acids is 1. The maximum atomic E-state index is 13.9. The van der Waals surface area contributed by atoms with Gasteiger partial charge in [-0.05, 0) is 36.6 Å². The van der Waals surface area contributed by atoms with Gasteiger partial charge in [0.25, 0.3) is 5.56 Å². The summed E-state index contributed by atoms with van der Waals surface area (Å²) >= 11 is 0. The van der Waals surface area contributed by atoms with Gasteiger partial charge in [-0.1, -0.05) is 24.3 Å². The van der Waals surface area contributed by atoms with Crippen LogP contribution >= 0.6 is 0 Å². The molecule has 124 valence electrons. The first-order valence-corrected chi connectivity index (χ1v) is 8.39. The van der Waals surface area contributed by atoms with Crippen LogP contribution in [0.2, 0.25) is 0 Å². The quantitative estimate of drug-likeness (QED) is 0.792. The summed E-state index contributed by atoms with van der Waals surface area (Å²) in [6, 6.07) is 2.35. The van der Waals surface area contributed by atoms with Crippen LogP contribution in [0.5, 0.6) is 0 Å². The fourth-order valence-corrected chi connectivity index (χ4v) is 4.36. The Labute approximate surface area is 143 Å². The summed E-state index contributed by atoms with van der Waals surface area (Å²) in [6.07, 6.45) is 9.25. The van der Waals surface area contributed by atoms with Crippen molar-refractivity contribution in [2.24, 2.45) is 5.92 Å². The van der Waals surface area contributed by atoms with Crippen molar-refractivity contribution in [2.45, 2.75) is 25.8 Å². The molecule has 3 aliphatic rings. The molecule has 1 atom stereocenters. The largest absolute Gasteiger partial charge is 0.296 e. The van der Waals surface area contributed by atoms with E-state index in [0.717, 1.165) is 6.42 Å². The van der Waals surface area contributed by atoms with Gasteiger partial charge < -0.3 is 0 Å². The van der Waals surface area contributed by atoms with Crippen molar-refractivity contribution in [1.82, 2.24) is 9.55 Å². The maximum Gasteiger partial charge on any atom is 0.261 e. The molecule has 1 aromatic carbocycles. The highest BCUT2D eigenvalue weighted by Crippen LogP contribution is 2.47. The predicted octanol–water partition coefficient (Wildman–Crippen LogP) is 3.28. The number of rotatable bonds is 2. The highest BCUT2D eigenvalue weighted by atomic mass is 19.1. The van der Waals surface area contributed by atoms with Gasteiger partial charge >= 0.3 is 0 Å². The SMILES string of the molecule is CC(=O)c1cc(F)cc2c(=O)n3c(nc12)C(C1C2=CC=C1C=C2)CC3. The lowest BCUT2D eigenvalue weighted by atomic mass is 9.85. The lowest BCUT2D eigenvalue weighted by molar-refractivity contribution is 0.101. The molecule has 0 N–H and O–H groups in total. The van der Waals surface area contributed by atoms with E-state index in [4.69, 9.17) is 4.98 Å². The van der Waals surface area contributed by atoms with Crippen LogP contribution in [0.15, 0.2) is 52.4 Å². The van der Waals surface area contributed by atoms with Gasteiger partial charge in [0.05, 0.1) is 10.9 Å². The molecule has 1 unspecified atom stereocenters. The van der Waals surface area contributed by atoms with Crippen molar-refractivity contribution in [3.05, 3.63) is 75.1 Å². The van der Waals surface area contributed by atoms with Crippen LogP contribution in [0.3, 0.4) is 0 Å². The Morgan fingerprint density at radius 3 is 2.60 bits per heavy atom. The number of hydrogen-bond donors (Lipinski definition) is 0. The molecule has 0 radical (unpaired) electrons. The molecule has 25 heavy (non-hydrogen) atoms. The lowest BCUT2D eigenvalue weighted by Gasteiger charge is -2.19. The Balaban J connectivity index is 1.76. The Kier molecular flexibility index (Phi) is 2.82. The van der Waals surface area contributed by atoms with Crippen LogP contribution in [0, 0.1) is 11.7 Å². The van der Waals surface area contributed by atoms with E-state index in [2.05, 4.69) is 24.3 Å². The molecule has 4 nitrogen and oxygen atoms in total. The molecular weight excluding hydrogens is 319 g/mol. The molecule has 5 heteroatoms. The molecular formula is C20H15FN2O2. The summed E-state index contributed by atoms with van der Waals surface area (Å²) in [4.78, 5) is 29.5. The number of ketones is 1. The number of nitrogens with zero attached hydrogens (tertiary/aromatic N) is 2. The highest BCUT2D eigenvalue weighted by molar-refractivity contribution is 6.05. The Bertz CT molecular complexity index is 1100. The van der Waals surface area contributed by atoms with Crippen molar-refractivity contribution in [3.8, 4) is 0 Å². The average molecular weight is 334 g/mol. The van der Waals surface area contributed by atoms with Crippen molar-refractivity contribution < 1.29 is 9.18 Å². The van der Waals surface area contributed by atoms with Crippen LogP contribution in [0.1, 0.15) is 35.4 Å². The second-order valence-corrected chi connectivity index (χ2v) is 6.87. The molecule has 0 spiro atoms. The smallest absolute Gasteiger partial charge is 0.261 e. The zero-order valence-electron chi connectivity index (χ0n) is 13.6. The van der Waals surface area contributed by atoms with Gasteiger partial charge in [0.1, 0.15) is 11.6 Å². The number of allylic oxidation sites excluding steroid dienone is 6. The van der Waals surface area contributed by atoms with Crippen molar-refractivity contribution >= 4 is 16.7 Å². The number of aromatic nitrogens is 2. The third-order valence-electron chi connectivity index (χ3n) is 5.48. The van der Waals surface area contributed by atoms with Gasteiger partial charge in [0.15, 0.2) is 5.78 Å². The first-order valence-electron chi connectivity index (χ1n) is 8.39. The molecule has 2 heterocycles. The van der Waals surface area contributed by atoms with E-state index < -0.39 is 5.82 Å². The molecule has 0 fully saturated rings. The van der Waals surface area contributed by atoms with Crippen LogP contribution in [0.4, 0.5) is 4.39 Å². The monoisotopic (exact) mass is 334 g/mol. The van der Waals surface area contributed by atoms with E-state index in [0.29, 0.717) is 17.9 Å². The molecule has 2 aliphatic carbocycles. The third-order valence-corrected chi connectivity index (χ3v) is 5.48. The summed E-state index contributed by atoms with van der Waals surface area (Å²) in [5.41, 5.74) is 2.72. The van der Waals surface area contributed by atoms with E-state index in [-0.39, 0.29) is 34.1 Å². The zero-order chi connectivity index (χ0) is 17.3. The summed E-state index contributed by atoms with van der Waals surface area (Å²) in [6.45, 7) is 1.94. The molecule has 1 aliphatic heterocycles.